The minimum Gasteiger partial charge on any atom is -0.493 e. The molecule has 0 saturated carbocycles. The fraction of sp³-hybridized carbons (Fsp3) is 0.600. The van der Waals surface area contributed by atoms with E-state index in [0.29, 0.717) is 6.04 Å². The summed E-state index contributed by atoms with van der Waals surface area (Å²) in [5, 5.41) is 3.45. The van der Waals surface area contributed by atoms with Gasteiger partial charge in [-0.2, -0.15) is 0 Å². The molecule has 2 aliphatic heterocycles. The molecule has 0 amide bonds. The summed E-state index contributed by atoms with van der Waals surface area (Å²) in [6.45, 7) is 3.66. The van der Waals surface area contributed by atoms with Gasteiger partial charge in [-0.15, -0.1) is 0 Å². The molecule has 18 heavy (non-hydrogen) atoms. The Hall–Kier alpha value is -1.06. The summed E-state index contributed by atoms with van der Waals surface area (Å²) < 4.78 is 11.3. The fourth-order valence-corrected chi connectivity index (χ4v) is 2.71. The van der Waals surface area contributed by atoms with E-state index in [1.807, 2.05) is 0 Å². The molecule has 0 spiro atoms. The second-order valence-electron chi connectivity index (χ2n) is 5.16. The number of hydrogen-bond acceptors (Lipinski definition) is 3. The lowest BCUT2D eigenvalue weighted by Gasteiger charge is -2.11. The van der Waals surface area contributed by atoms with E-state index < -0.39 is 0 Å². The first-order valence-corrected chi connectivity index (χ1v) is 6.97. The topological polar surface area (TPSA) is 30.5 Å². The van der Waals surface area contributed by atoms with E-state index in [9.17, 15) is 0 Å². The van der Waals surface area contributed by atoms with Gasteiger partial charge in [0.25, 0.3) is 0 Å². The van der Waals surface area contributed by atoms with Crippen LogP contribution in [0.15, 0.2) is 18.2 Å². The summed E-state index contributed by atoms with van der Waals surface area (Å²) >= 11 is 0. The van der Waals surface area contributed by atoms with Gasteiger partial charge in [0.15, 0.2) is 0 Å². The van der Waals surface area contributed by atoms with E-state index in [4.69, 9.17) is 9.47 Å². The van der Waals surface area contributed by atoms with E-state index in [1.54, 1.807) is 0 Å². The van der Waals surface area contributed by atoms with Crippen molar-refractivity contribution in [2.24, 2.45) is 0 Å². The molecule has 2 aliphatic rings. The maximum absolute atomic E-state index is 5.75. The molecule has 1 atom stereocenters. The standard InChI is InChI=1S/C15H21NO2/c1-2-14(16-7-1)11-17-8-5-12-3-4-15-13(10-12)6-9-18-15/h3-4,10,14,16H,1-2,5-9,11H2. The van der Waals surface area contributed by atoms with Crippen molar-refractivity contribution in [2.75, 3.05) is 26.4 Å². The zero-order valence-electron chi connectivity index (χ0n) is 10.8. The van der Waals surface area contributed by atoms with Gasteiger partial charge in [-0.05, 0) is 43.0 Å². The highest BCUT2D eigenvalue weighted by Crippen LogP contribution is 2.25. The van der Waals surface area contributed by atoms with Crippen LogP contribution in [0.2, 0.25) is 0 Å². The molecule has 1 unspecified atom stereocenters. The van der Waals surface area contributed by atoms with Crippen LogP contribution in [0.5, 0.6) is 5.75 Å². The highest BCUT2D eigenvalue weighted by molar-refractivity contribution is 5.39. The Labute approximate surface area is 108 Å². The van der Waals surface area contributed by atoms with Crippen LogP contribution in [0.1, 0.15) is 24.0 Å². The highest BCUT2D eigenvalue weighted by Gasteiger charge is 2.14. The van der Waals surface area contributed by atoms with E-state index in [-0.39, 0.29) is 0 Å². The molecule has 0 aromatic heterocycles. The van der Waals surface area contributed by atoms with Gasteiger partial charge in [0.2, 0.25) is 0 Å². The molecule has 98 valence electrons. The molecule has 1 saturated heterocycles. The number of hydrogen-bond donors (Lipinski definition) is 1. The first-order chi connectivity index (χ1) is 8.92. The molecule has 1 aromatic carbocycles. The summed E-state index contributed by atoms with van der Waals surface area (Å²) in [7, 11) is 0. The molecule has 0 aliphatic carbocycles. The predicted molar refractivity (Wildman–Crippen MR) is 71.2 cm³/mol. The van der Waals surface area contributed by atoms with E-state index >= 15 is 0 Å². The van der Waals surface area contributed by atoms with Crippen LogP contribution in [-0.2, 0) is 17.6 Å². The predicted octanol–water partition coefficient (Wildman–Crippen LogP) is 1.93. The second-order valence-corrected chi connectivity index (χ2v) is 5.16. The molecule has 0 bridgehead atoms. The van der Waals surface area contributed by atoms with E-state index in [1.165, 1.54) is 24.0 Å². The summed E-state index contributed by atoms with van der Waals surface area (Å²) in [5.74, 6) is 1.06. The highest BCUT2D eigenvalue weighted by atomic mass is 16.5. The number of ether oxygens (including phenoxy) is 2. The second kappa shape index (κ2) is 5.72. The number of fused-ring (bicyclic) bond motifs is 1. The third-order valence-electron chi connectivity index (χ3n) is 3.77. The van der Waals surface area contributed by atoms with Crippen LogP contribution >= 0.6 is 0 Å². The summed E-state index contributed by atoms with van der Waals surface area (Å²) in [6.07, 6.45) is 4.60. The zero-order chi connectivity index (χ0) is 12.2. The molecule has 1 aromatic rings. The lowest BCUT2D eigenvalue weighted by atomic mass is 10.1. The Morgan fingerprint density at radius 2 is 2.39 bits per heavy atom. The lowest BCUT2D eigenvalue weighted by Crippen LogP contribution is -2.27. The van der Waals surface area contributed by atoms with Gasteiger partial charge in [0, 0.05) is 12.5 Å². The fourth-order valence-electron chi connectivity index (χ4n) is 2.71. The van der Waals surface area contributed by atoms with E-state index in [2.05, 4.69) is 23.5 Å². The van der Waals surface area contributed by atoms with Crippen molar-refractivity contribution in [3.8, 4) is 5.75 Å². The average molecular weight is 247 g/mol. The molecule has 2 heterocycles. The van der Waals surface area contributed by atoms with Crippen LogP contribution in [-0.4, -0.2) is 32.4 Å². The molecule has 1 fully saturated rings. The molecule has 0 radical (unpaired) electrons. The van der Waals surface area contributed by atoms with Crippen LogP contribution in [0.4, 0.5) is 0 Å². The van der Waals surface area contributed by atoms with Gasteiger partial charge in [0.05, 0.1) is 19.8 Å². The first-order valence-electron chi connectivity index (χ1n) is 6.97. The Morgan fingerprint density at radius 3 is 3.28 bits per heavy atom. The van der Waals surface area contributed by atoms with Crippen molar-refractivity contribution in [1.82, 2.24) is 5.32 Å². The molecular formula is C15H21NO2. The van der Waals surface area contributed by atoms with Crippen molar-refractivity contribution in [3.63, 3.8) is 0 Å². The Balaban J connectivity index is 1.42. The third-order valence-corrected chi connectivity index (χ3v) is 3.77. The Kier molecular flexibility index (Phi) is 3.81. The van der Waals surface area contributed by atoms with Gasteiger partial charge < -0.3 is 14.8 Å². The summed E-state index contributed by atoms with van der Waals surface area (Å²) in [6, 6.07) is 7.09. The minimum absolute atomic E-state index is 0.582. The van der Waals surface area contributed by atoms with Gasteiger partial charge in [0.1, 0.15) is 5.75 Å². The van der Waals surface area contributed by atoms with Gasteiger partial charge in [-0.1, -0.05) is 12.1 Å². The molecule has 3 rings (SSSR count). The number of rotatable bonds is 5. The van der Waals surface area contributed by atoms with Gasteiger partial charge in [-0.3, -0.25) is 0 Å². The maximum Gasteiger partial charge on any atom is 0.122 e. The monoisotopic (exact) mass is 247 g/mol. The van der Waals surface area contributed by atoms with Crippen LogP contribution in [0.25, 0.3) is 0 Å². The van der Waals surface area contributed by atoms with Crippen LogP contribution < -0.4 is 10.1 Å². The lowest BCUT2D eigenvalue weighted by molar-refractivity contribution is 0.119. The minimum atomic E-state index is 0.582. The van der Waals surface area contributed by atoms with Gasteiger partial charge in [-0.25, -0.2) is 0 Å². The summed E-state index contributed by atoms with van der Waals surface area (Å²) in [5.41, 5.74) is 2.71. The number of nitrogens with one attached hydrogen (secondary N) is 1. The largest absolute Gasteiger partial charge is 0.493 e. The molecular weight excluding hydrogens is 226 g/mol. The number of benzene rings is 1. The molecule has 3 nitrogen and oxygen atoms in total. The average Bonchev–Trinajstić information content (AvgIpc) is 3.05. The van der Waals surface area contributed by atoms with E-state index in [0.717, 1.165) is 45.0 Å². The maximum atomic E-state index is 5.75. The molecule has 1 N–H and O–H groups in total. The third kappa shape index (κ3) is 2.85. The summed E-state index contributed by atoms with van der Waals surface area (Å²) in [4.78, 5) is 0. The molecule has 3 heteroatoms. The SMILES string of the molecule is c1cc2c(cc1CCOCC1CCCN1)CCO2. The first kappa shape index (κ1) is 12.0. The van der Waals surface area contributed by atoms with Crippen molar-refractivity contribution < 1.29 is 9.47 Å². The quantitative estimate of drug-likeness (QED) is 0.807. The Morgan fingerprint density at radius 1 is 1.39 bits per heavy atom. The van der Waals surface area contributed by atoms with Crippen molar-refractivity contribution in [3.05, 3.63) is 29.3 Å². The smallest absolute Gasteiger partial charge is 0.122 e. The van der Waals surface area contributed by atoms with Crippen molar-refractivity contribution >= 4 is 0 Å². The Bertz CT molecular complexity index is 399. The van der Waals surface area contributed by atoms with Crippen molar-refractivity contribution in [2.45, 2.75) is 31.7 Å². The van der Waals surface area contributed by atoms with Gasteiger partial charge >= 0.3 is 0 Å². The van der Waals surface area contributed by atoms with Crippen molar-refractivity contribution in [1.29, 1.82) is 0 Å². The zero-order valence-corrected chi connectivity index (χ0v) is 10.8. The normalized spacial score (nSPS) is 21.9. The van der Waals surface area contributed by atoms with Crippen LogP contribution in [0.3, 0.4) is 0 Å². The van der Waals surface area contributed by atoms with Crippen LogP contribution in [0, 0.1) is 0 Å².